The van der Waals surface area contributed by atoms with Crippen molar-refractivity contribution in [2.24, 2.45) is 0 Å². The Morgan fingerprint density at radius 3 is 2.38 bits per heavy atom. The van der Waals surface area contributed by atoms with Gasteiger partial charge < -0.3 is 14.6 Å². The summed E-state index contributed by atoms with van der Waals surface area (Å²) in [5, 5.41) is 3.21. The molecule has 0 bridgehead atoms. The molecule has 0 spiro atoms. The summed E-state index contributed by atoms with van der Waals surface area (Å²) in [5.41, 5.74) is 3.03. The Labute approximate surface area is 189 Å². The van der Waals surface area contributed by atoms with E-state index in [4.69, 9.17) is 4.42 Å². The molecule has 1 aromatic heterocycles. The summed E-state index contributed by atoms with van der Waals surface area (Å²) in [6.07, 6.45) is 6.37. The van der Waals surface area contributed by atoms with E-state index < -0.39 is 6.04 Å². The number of nitrogens with one attached hydrogen (secondary N) is 1. The molecule has 32 heavy (non-hydrogen) atoms. The predicted octanol–water partition coefficient (Wildman–Crippen LogP) is 5.07. The van der Waals surface area contributed by atoms with Crippen molar-refractivity contribution in [3.05, 3.63) is 95.4 Å². The van der Waals surface area contributed by atoms with Crippen LogP contribution in [0.15, 0.2) is 77.4 Å². The highest BCUT2D eigenvalue weighted by molar-refractivity contribution is 5.96. The largest absolute Gasteiger partial charge is 0.459 e. The standard InChI is InChI=1S/C27H30N2O3/c1-20-13-15-22(16-14-20)25(26(30)28-23-10-5-6-11-23)29(27(31)24-12-7-19-32-24)18-17-21-8-3-2-4-9-21/h2-4,7-9,12-16,19,23,25H,5-6,10-11,17-18H2,1H3,(H,28,30)/t25-/m0/s1. The Balaban J connectivity index is 1.67. The molecule has 3 aromatic rings. The number of carbonyl (C=O) groups excluding carboxylic acids is 2. The smallest absolute Gasteiger partial charge is 0.290 e. The first-order valence-electron chi connectivity index (χ1n) is 11.4. The third kappa shape index (κ3) is 5.28. The Morgan fingerprint density at radius 1 is 1.00 bits per heavy atom. The minimum atomic E-state index is -0.725. The van der Waals surface area contributed by atoms with Gasteiger partial charge >= 0.3 is 0 Å². The second-order valence-corrected chi connectivity index (χ2v) is 8.51. The first-order valence-corrected chi connectivity index (χ1v) is 11.4. The molecular formula is C27H30N2O3. The van der Waals surface area contributed by atoms with E-state index in [1.54, 1.807) is 17.0 Å². The van der Waals surface area contributed by atoms with Crippen LogP contribution in [-0.4, -0.2) is 29.3 Å². The van der Waals surface area contributed by atoms with Crippen molar-refractivity contribution in [2.45, 2.75) is 51.1 Å². The third-order valence-corrected chi connectivity index (χ3v) is 6.13. The maximum atomic E-state index is 13.6. The van der Waals surface area contributed by atoms with Gasteiger partial charge in [-0.05, 0) is 49.4 Å². The first kappa shape index (κ1) is 21.9. The van der Waals surface area contributed by atoms with Crippen LogP contribution >= 0.6 is 0 Å². The molecule has 1 aliphatic carbocycles. The summed E-state index contributed by atoms with van der Waals surface area (Å²) in [7, 11) is 0. The molecule has 1 fully saturated rings. The Morgan fingerprint density at radius 2 is 1.72 bits per heavy atom. The molecule has 1 N–H and O–H groups in total. The van der Waals surface area contributed by atoms with Gasteiger partial charge in [0.15, 0.2) is 5.76 Å². The molecule has 4 rings (SSSR count). The maximum Gasteiger partial charge on any atom is 0.290 e. The summed E-state index contributed by atoms with van der Waals surface area (Å²) in [6.45, 7) is 2.42. The molecule has 5 heteroatoms. The van der Waals surface area contributed by atoms with Crippen LogP contribution < -0.4 is 5.32 Å². The minimum Gasteiger partial charge on any atom is -0.459 e. The highest BCUT2D eigenvalue weighted by Gasteiger charge is 2.34. The van der Waals surface area contributed by atoms with Gasteiger partial charge in [-0.2, -0.15) is 0 Å². The lowest BCUT2D eigenvalue weighted by Crippen LogP contribution is -2.46. The topological polar surface area (TPSA) is 62.6 Å². The summed E-state index contributed by atoms with van der Waals surface area (Å²) < 4.78 is 5.42. The number of rotatable bonds is 8. The molecule has 2 aromatic carbocycles. The zero-order valence-electron chi connectivity index (χ0n) is 18.5. The molecule has 0 unspecified atom stereocenters. The fourth-order valence-corrected chi connectivity index (χ4v) is 4.36. The van der Waals surface area contributed by atoms with Crippen molar-refractivity contribution in [1.82, 2.24) is 10.2 Å². The van der Waals surface area contributed by atoms with Gasteiger partial charge in [0.05, 0.1) is 6.26 Å². The summed E-state index contributed by atoms with van der Waals surface area (Å²) in [6, 6.07) is 20.7. The molecule has 5 nitrogen and oxygen atoms in total. The van der Waals surface area contributed by atoms with E-state index in [1.165, 1.54) is 6.26 Å². The van der Waals surface area contributed by atoms with Gasteiger partial charge in [0.25, 0.3) is 5.91 Å². The molecule has 2 amide bonds. The van der Waals surface area contributed by atoms with Crippen LogP contribution in [0.1, 0.15) is 59.0 Å². The molecule has 1 aliphatic rings. The van der Waals surface area contributed by atoms with Crippen LogP contribution in [0.3, 0.4) is 0 Å². The van der Waals surface area contributed by atoms with Gasteiger partial charge in [0, 0.05) is 12.6 Å². The van der Waals surface area contributed by atoms with E-state index in [2.05, 4.69) is 5.32 Å². The molecule has 1 atom stereocenters. The lowest BCUT2D eigenvalue weighted by Gasteiger charge is -2.32. The minimum absolute atomic E-state index is 0.131. The lowest BCUT2D eigenvalue weighted by atomic mass is 10.0. The van der Waals surface area contributed by atoms with Gasteiger partial charge in [-0.15, -0.1) is 0 Å². The zero-order valence-corrected chi connectivity index (χ0v) is 18.5. The van der Waals surface area contributed by atoms with E-state index in [0.29, 0.717) is 13.0 Å². The Hall–Kier alpha value is -3.34. The predicted molar refractivity (Wildman–Crippen MR) is 124 cm³/mol. The highest BCUT2D eigenvalue weighted by atomic mass is 16.3. The molecule has 0 radical (unpaired) electrons. The number of carbonyl (C=O) groups is 2. The van der Waals surface area contributed by atoms with Crippen LogP contribution in [0.5, 0.6) is 0 Å². The summed E-state index contributed by atoms with van der Waals surface area (Å²) in [5.74, 6) is -0.171. The van der Waals surface area contributed by atoms with Crippen LogP contribution in [0, 0.1) is 6.92 Å². The van der Waals surface area contributed by atoms with Gasteiger partial charge in [-0.1, -0.05) is 73.0 Å². The summed E-state index contributed by atoms with van der Waals surface area (Å²) in [4.78, 5) is 28.7. The molecule has 0 saturated heterocycles. The van der Waals surface area contributed by atoms with Crippen molar-refractivity contribution >= 4 is 11.8 Å². The fraction of sp³-hybridized carbons (Fsp3) is 0.333. The van der Waals surface area contributed by atoms with E-state index in [0.717, 1.165) is 42.4 Å². The average molecular weight is 431 g/mol. The number of nitrogens with zero attached hydrogens (tertiary/aromatic N) is 1. The molecule has 1 saturated carbocycles. The van der Waals surface area contributed by atoms with E-state index in [9.17, 15) is 9.59 Å². The summed E-state index contributed by atoms with van der Waals surface area (Å²) >= 11 is 0. The molecule has 166 valence electrons. The SMILES string of the molecule is Cc1ccc([C@@H](C(=O)NC2CCCC2)N(CCc2ccccc2)C(=O)c2ccco2)cc1. The van der Waals surface area contributed by atoms with Crippen molar-refractivity contribution in [3.8, 4) is 0 Å². The lowest BCUT2D eigenvalue weighted by molar-refractivity contribution is -0.126. The number of aryl methyl sites for hydroxylation is 1. The van der Waals surface area contributed by atoms with Gasteiger partial charge in [-0.25, -0.2) is 0 Å². The van der Waals surface area contributed by atoms with Crippen LogP contribution in [0.2, 0.25) is 0 Å². The van der Waals surface area contributed by atoms with Crippen molar-refractivity contribution < 1.29 is 14.0 Å². The highest BCUT2D eigenvalue weighted by Crippen LogP contribution is 2.26. The van der Waals surface area contributed by atoms with E-state index in [-0.39, 0.29) is 23.6 Å². The number of benzene rings is 2. The average Bonchev–Trinajstić information content (AvgIpc) is 3.52. The maximum absolute atomic E-state index is 13.6. The second kappa shape index (κ2) is 10.3. The number of amides is 2. The third-order valence-electron chi connectivity index (χ3n) is 6.13. The zero-order chi connectivity index (χ0) is 22.3. The quantitative estimate of drug-likeness (QED) is 0.542. The van der Waals surface area contributed by atoms with Crippen LogP contribution in [0.4, 0.5) is 0 Å². The van der Waals surface area contributed by atoms with Crippen LogP contribution in [0.25, 0.3) is 0 Å². The molecular weight excluding hydrogens is 400 g/mol. The van der Waals surface area contributed by atoms with Gasteiger partial charge in [0.2, 0.25) is 5.91 Å². The van der Waals surface area contributed by atoms with Gasteiger partial charge in [0.1, 0.15) is 6.04 Å². The number of hydrogen-bond acceptors (Lipinski definition) is 3. The molecule has 0 aliphatic heterocycles. The van der Waals surface area contributed by atoms with E-state index >= 15 is 0 Å². The van der Waals surface area contributed by atoms with E-state index in [1.807, 2.05) is 61.5 Å². The van der Waals surface area contributed by atoms with Crippen LogP contribution in [-0.2, 0) is 11.2 Å². The van der Waals surface area contributed by atoms with Crippen molar-refractivity contribution in [3.63, 3.8) is 0 Å². The number of hydrogen-bond donors (Lipinski definition) is 1. The van der Waals surface area contributed by atoms with Gasteiger partial charge in [-0.3, -0.25) is 9.59 Å². The first-order chi connectivity index (χ1) is 15.6. The number of furan rings is 1. The molecule has 1 heterocycles. The van der Waals surface area contributed by atoms with Crippen molar-refractivity contribution in [1.29, 1.82) is 0 Å². The monoisotopic (exact) mass is 430 g/mol. The second-order valence-electron chi connectivity index (χ2n) is 8.51. The normalized spacial score (nSPS) is 14.8. The van der Waals surface area contributed by atoms with Crippen molar-refractivity contribution in [2.75, 3.05) is 6.54 Å². The Kier molecular flexibility index (Phi) is 7.05. The Bertz CT molecular complexity index is 1010. The fourth-order valence-electron chi connectivity index (χ4n) is 4.36.